The minimum absolute atomic E-state index is 0.0239. The standard InChI is InChI=1S/C17H18N4OS/c1-21(2)17(22)14(10-12-6-4-3-5-7-12)20-15-13-8-9-23-16(13)19-11-18-15/h3-9,11,14H,10H2,1-2H3,(H,18,19,20)/t14-/m1/s1. The molecule has 5 nitrogen and oxygen atoms in total. The van der Waals surface area contributed by atoms with Gasteiger partial charge in [-0.2, -0.15) is 0 Å². The van der Waals surface area contributed by atoms with Gasteiger partial charge in [0.15, 0.2) is 0 Å². The van der Waals surface area contributed by atoms with Crippen LogP contribution in [-0.2, 0) is 11.2 Å². The average Bonchev–Trinajstić information content (AvgIpc) is 3.04. The molecule has 6 heteroatoms. The highest BCUT2D eigenvalue weighted by atomic mass is 32.1. The maximum absolute atomic E-state index is 12.5. The highest BCUT2D eigenvalue weighted by Crippen LogP contribution is 2.24. The number of benzene rings is 1. The number of nitrogens with zero attached hydrogens (tertiary/aromatic N) is 3. The van der Waals surface area contributed by atoms with Gasteiger partial charge in [0, 0.05) is 20.5 Å². The number of nitrogens with one attached hydrogen (secondary N) is 1. The molecule has 0 saturated carbocycles. The van der Waals surface area contributed by atoms with Gasteiger partial charge in [-0.05, 0) is 17.0 Å². The number of carbonyl (C=O) groups is 1. The van der Waals surface area contributed by atoms with Crippen LogP contribution in [0.5, 0.6) is 0 Å². The van der Waals surface area contributed by atoms with E-state index in [4.69, 9.17) is 0 Å². The van der Waals surface area contributed by atoms with E-state index >= 15 is 0 Å². The summed E-state index contributed by atoms with van der Waals surface area (Å²) in [7, 11) is 3.53. The summed E-state index contributed by atoms with van der Waals surface area (Å²) in [5, 5.41) is 6.23. The Morgan fingerprint density at radius 3 is 2.74 bits per heavy atom. The molecule has 3 rings (SSSR count). The maximum Gasteiger partial charge on any atom is 0.244 e. The zero-order valence-electron chi connectivity index (χ0n) is 13.1. The van der Waals surface area contributed by atoms with Crippen LogP contribution < -0.4 is 5.32 Å². The van der Waals surface area contributed by atoms with E-state index < -0.39 is 0 Å². The van der Waals surface area contributed by atoms with Crippen LogP contribution in [0.3, 0.4) is 0 Å². The van der Waals surface area contributed by atoms with Crippen molar-refractivity contribution in [1.82, 2.24) is 14.9 Å². The lowest BCUT2D eigenvalue weighted by molar-refractivity contribution is -0.129. The van der Waals surface area contributed by atoms with E-state index in [2.05, 4.69) is 15.3 Å². The predicted octanol–water partition coefficient (Wildman–Crippen LogP) is 2.80. The lowest BCUT2D eigenvalue weighted by Crippen LogP contribution is -2.40. The van der Waals surface area contributed by atoms with Crippen molar-refractivity contribution in [1.29, 1.82) is 0 Å². The van der Waals surface area contributed by atoms with Crippen LogP contribution in [0.1, 0.15) is 5.56 Å². The van der Waals surface area contributed by atoms with E-state index in [1.165, 1.54) is 6.33 Å². The van der Waals surface area contributed by atoms with Gasteiger partial charge in [-0.3, -0.25) is 4.79 Å². The Kier molecular flexibility index (Phi) is 4.52. The van der Waals surface area contributed by atoms with Crippen LogP contribution in [0.15, 0.2) is 48.1 Å². The number of rotatable bonds is 5. The minimum atomic E-state index is -0.370. The lowest BCUT2D eigenvalue weighted by atomic mass is 10.0. The summed E-state index contributed by atoms with van der Waals surface area (Å²) in [6.45, 7) is 0. The van der Waals surface area contributed by atoms with Crippen molar-refractivity contribution in [2.75, 3.05) is 19.4 Å². The van der Waals surface area contributed by atoms with Gasteiger partial charge in [-0.15, -0.1) is 11.3 Å². The molecule has 0 aliphatic carbocycles. The normalized spacial score (nSPS) is 12.1. The molecule has 1 aromatic carbocycles. The number of fused-ring (bicyclic) bond motifs is 1. The molecular formula is C17H18N4OS. The summed E-state index contributed by atoms with van der Waals surface area (Å²) in [5.41, 5.74) is 1.11. The molecule has 0 bridgehead atoms. The fraction of sp³-hybridized carbons (Fsp3) is 0.235. The molecule has 0 radical (unpaired) electrons. The SMILES string of the molecule is CN(C)C(=O)[C@@H](Cc1ccccc1)Nc1ncnc2sccc12. The zero-order chi connectivity index (χ0) is 16.2. The minimum Gasteiger partial charge on any atom is -0.357 e. The van der Waals surface area contributed by atoms with Crippen LogP contribution in [-0.4, -0.2) is 40.9 Å². The largest absolute Gasteiger partial charge is 0.357 e. The number of anilines is 1. The predicted molar refractivity (Wildman–Crippen MR) is 93.7 cm³/mol. The molecule has 0 saturated heterocycles. The van der Waals surface area contributed by atoms with Crippen molar-refractivity contribution in [3.63, 3.8) is 0 Å². The van der Waals surface area contributed by atoms with Gasteiger partial charge in [0.05, 0.1) is 5.39 Å². The van der Waals surface area contributed by atoms with Gasteiger partial charge in [0.1, 0.15) is 23.0 Å². The van der Waals surface area contributed by atoms with E-state index in [0.29, 0.717) is 12.2 Å². The summed E-state index contributed by atoms with van der Waals surface area (Å²) in [6, 6.07) is 11.6. The van der Waals surface area contributed by atoms with Crippen LogP contribution >= 0.6 is 11.3 Å². The summed E-state index contributed by atoms with van der Waals surface area (Å²) in [6.07, 6.45) is 2.13. The third-order valence-corrected chi connectivity index (χ3v) is 4.41. The summed E-state index contributed by atoms with van der Waals surface area (Å²) >= 11 is 1.56. The first-order valence-electron chi connectivity index (χ1n) is 7.35. The lowest BCUT2D eigenvalue weighted by Gasteiger charge is -2.22. The molecule has 1 N–H and O–H groups in total. The molecule has 0 spiro atoms. The van der Waals surface area contributed by atoms with Crippen molar-refractivity contribution < 1.29 is 4.79 Å². The van der Waals surface area contributed by atoms with Gasteiger partial charge in [-0.1, -0.05) is 30.3 Å². The maximum atomic E-state index is 12.5. The topological polar surface area (TPSA) is 58.1 Å². The molecule has 2 heterocycles. The number of carbonyl (C=O) groups excluding carboxylic acids is 1. The Balaban J connectivity index is 1.89. The smallest absolute Gasteiger partial charge is 0.244 e. The molecule has 118 valence electrons. The first-order chi connectivity index (χ1) is 11.1. The molecule has 0 unspecified atom stereocenters. The fourth-order valence-electron chi connectivity index (χ4n) is 2.43. The van der Waals surface area contributed by atoms with Crippen molar-refractivity contribution in [3.05, 3.63) is 53.7 Å². The third-order valence-electron chi connectivity index (χ3n) is 3.59. The van der Waals surface area contributed by atoms with Gasteiger partial charge >= 0.3 is 0 Å². The molecule has 2 aromatic heterocycles. The highest BCUT2D eigenvalue weighted by molar-refractivity contribution is 7.16. The van der Waals surface area contributed by atoms with E-state index in [1.807, 2.05) is 41.8 Å². The molecule has 3 aromatic rings. The number of amides is 1. The van der Waals surface area contributed by atoms with Crippen molar-refractivity contribution in [2.24, 2.45) is 0 Å². The second-order valence-electron chi connectivity index (χ2n) is 5.48. The second-order valence-corrected chi connectivity index (χ2v) is 6.38. The average molecular weight is 326 g/mol. The van der Waals surface area contributed by atoms with Gasteiger partial charge < -0.3 is 10.2 Å². The number of thiophene rings is 1. The third kappa shape index (κ3) is 3.48. The zero-order valence-corrected chi connectivity index (χ0v) is 13.9. The van der Waals surface area contributed by atoms with Crippen LogP contribution in [0.4, 0.5) is 5.82 Å². The second kappa shape index (κ2) is 6.75. The summed E-state index contributed by atoms with van der Waals surface area (Å²) in [5.74, 6) is 0.725. The molecule has 1 atom stereocenters. The number of aromatic nitrogens is 2. The van der Waals surface area contributed by atoms with Crippen LogP contribution in [0.2, 0.25) is 0 Å². The van der Waals surface area contributed by atoms with Gasteiger partial charge in [0.2, 0.25) is 5.91 Å². The van der Waals surface area contributed by atoms with Gasteiger partial charge in [-0.25, -0.2) is 9.97 Å². The molecule has 23 heavy (non-hydrogen) atoms. The van der Waals surface area contributed by atoms with Crippen LogP contribution in [0, 0.1) is 0 Å². The first kappa shape index (κ1) is 15.4. The molecule has 0 aliphatic rings. The van der Waals surface area contributed by atoms with E-state index in [0.717, 1.165) is 15.8 Å². The van der Waals surface area contributed by atoms with Crippen LogP contribution in [0.25, 0.3) is 10.2 Å². The van der Waals surface area contributed by atoms with E-state index in [-0.39, 0.29) is 11.9 Å². The molecule has 0 aliphatic heterocycles. The van der Waals surface area contributed by atoms with E-state index in [1.54, 1.807) is 30.3 Å². The number of hydrogen-bond acceptors (Lipinski definition) is 5. The highest BCUT2D eigenvalue weighted by Gasteiger charge is 2.22. The Hall–Kier alpha value is -2.47. The fourth-order valence-corrected chi connectivity index (χ4v) is 3.16. The summed E-state index contributed by atoms with van der Waals surface area (Å²) < 4.78 is 0. The molecule has 1 amide bonds. The molecule has 0 fully saturated rings. The Labute approximate surface area is 139 Å². The number of likely N-dealkylation sites (N-methyl/N-ethyl adjacent to an activating group) is 1. The quantitative estimate of drug-likeness (QED) is 0.783. The summed E-state index contributed by atoms with van der Waals surface area (Å²) in [4.78, 5) is 23.6. The number of hydrogen-bond donors (Lipinski definition) is 1. The van der Waals surface area contributed by atoms with Crippen molar-refractivity contribution in [3.8, 4) is 0 Å². The first-order valence-corrected chi connectivity index (χ1v) is 8.23. The van der Waals surface area contributed by atoms with Gasteiger partial charge in [0.25, 0.3) is 0 Å². The Bertz CT molecular complexity index is 800. The van der Waals surface area contributed by atoms with E-state index in [9.17, 15) is 4.79 Å². The molecular weight excluding hydrogens is 308 g/mol. The van der Waals surface area contributed by atoms with Crippen molar-refractivity contribution >= 4 is 33.3 Å². The Morgan fingerprint density at radius 2 is 2.00 bits per heavy atom. The monoisotopic (exact) mass is 326 g/mol. The van der Waals surface area contributed by atoms with Crippen molar-refractivity contribution in [2.45, 2.75) is 12.5 Å². The Morgan fingerprint density at radius 1 is 1.22 bits per heavy atom.